The molecular formula is C16H22N4O. The van der Waals surface area contributed by atoms with Crippen molar-refractivity contribution >= 4 is 5.91 Å². The zero-order valence-electron chi connectivity index (χ0n) is 12.7. The van der Waals surface area contributed by atoms with Crippen LogP contribution in [0.5, 0.6) is 0 Å². The number of nitrogens with zero attached hydrogens (tertiary/aromatic N) is 2. The SMILES string of the molecule is CC(C)c1ccc(C(N)CNC(=O)c2cn(C)cn2)cc1. The van der Waals surface area contributed by atoms with Crippen molar-refractivity contribution in [1.82, 2.24) is 14.9 Å². The Morgan fingerprint density at radius 3 is 2.43 bits per heavy atom. The van der Waals surface area contributed by atoms with E-state index in [-0.39, 0.29) is 11.9 Å². The van der Waals surface area contributed by atoms with Crippen LogP contribution < -0.4 is 11.1 Å². The van der Waals surface area contributed by atoms with Crippen molar-refractivity contribution in [2.45, 2.75) is 25.8 Å². The molecule has 1 amide bonds. The van der Waals surface area contributed by atoms with Gasteiger partial charge in [0, 0.05) is 25.8 Å². The van der Waals surface area contributed by atoms with Gasteiger partial charge in [-0.15, -0.1) is 0 Å². The normalized spacial score (nSPS) is 12.4. The van der Waals surface area contributed by atoms with Crippen molar-refractivity contribution in [3.05, 3.63) is 53.6 Å². The second kappa shape index (κ2) is 6.54. The predicted molar refractivity (Wildman–Crippen MR) is 83.0 cm³/mol. The number of nitrogens with two attached hydrogens (primary N) is 1. The molecule has 1 unspecified atom stereocenters. The van der Waals surface area contributed by atoms with Gasteiger partial charge in [0.15, 0.2) is 0 Å². The highest BCUT2D eigenvalue weighted by Crippen LogP contribution is 2.17. The molecule has 5 heteroatoms. The number of benzene rings is 1. The van der Waals surface area contributed by atoms with Crippen LogP contribution in [-0.2, 0) is 7.05 Å². The predicted octanol–water partition coefficient (Wildman–Crippen LogP) is 1.97. The Morgan fingerprint density at radius 2 is 1.90 bits per heavy atom. The summed E-state index contributed by atoms with van der Waals surface area (Å²) in [6.07, 6.45) is 3.28. The van der Waals surface area contributed by atoms with E-state index < -0.39 is 0 Å². The molecule has 1 heterocycles. The fourth-order valence-electron chi connectivity index (χ4n) is 2.07. The lowest BCUT2D eigenvalue weighted by Crippen LogP contribution is -2.32. The van der Waals surface area contributed by atoms with Gasteiger partial charge in [-0.1, -0.05) is 38.1 Å². The van der Waals surface area contributed by atoms with E-state index in [4.69, 9.17) is 5.73 Å². The van der Waals surface area contributed by atoms with Crippen molar-refractivity contribution in [3.63, 3.8) is 0 Å². The molecule has 2 aromatic rings. The van der Waals surface area contributed by atoms with Gasteiger partial charge >= 0.3 is 0 Å². The number of aromatic nitrogens is 2. The quantitative estimate of drug-likeness (QED) is 0.882. The average Bonchev–Trinajstić information content (AvgIpc) is 2.91. The molecule has 21 heavy (non-hydrogen) atoms. The number of amides is 1. The van der Waals surface area contributed by atoms with Crippen LogP contribution >= 0.6 is 0 Å². The molecule has 3 N–H and O–H groups in total. The molecule has 5 nitrogen and oxygen atoms in total. The van der Waals surface area contributed by atoms with Crippen LogP contribution in [0.1, 0.15) is 47.4 Å². The van der Waals surface area contributed by atoms with Crippen LogP contribution in [-0.4, -0.2) is 22.0 Å². The first-order valence-corrected chi connectivity index (χ1v) is 7.09. The van der Waals surface area contributed by atoms with Crippen LogP contribution in [0.15, 0.2) is 36.8 Å². The summed E-state index contributed by atoms with van der Waals surface area (Å²) in [5, 5.41) is 2.81. The molecule has 0 aliphatic carbocycles. The van der Waals surface area contributed by atoms with Crippen LogP contribution in [0, 0.1) is 0 Å². The lowest BCUT2D eigenvalue weighted by Gasteiger charge is -2.14. The number of carbonyl (C=O) groups is 1. The Balaban J connectivity index is 1.92. The number of carbonyl (C=O) groups excluding carboxylic acids is 1. The van der Waals surface area contributed by atoms with Crippen LogP contribution in [0.3, 0.4) is 0 Å². The van der Waals surface area contributed by atoms with E-state index >= 15 is 0 Å². The first-order chi connectivity index (χ1) is 9.97. The number of nitrogens with one attached hydrogen (secondary N) is 1. The van der Waals surface area contributed by atoms with Gasteiger partial charge in [-0.25, -0.2) is 4.98 Å². The third-order valence-electron chi connectivity index (χ3n) is 3.45. The summed E-state index contributed by atoms with van der Waals surface area (Å²) in [4.78, 5) is 15.9. The third-order valence-corrected chi connectivity index (χ3v) is 3.45. The minimum absolute atomic E-state index is 0.204. The number of hydrogen-bond donors (Lipinski definition) is 2. The zero-order chi connectivity index (χ0) is 15.4. The van der Waals surface area contributed by atoms with Crippen molar-refractivity contribution in [3.8, 4) is 0 Å². The fourth-order valence-corrected chi connectivity index (χ4v) is 2.07. The largest absolute Gasteiger partial charge is 0.349 e. The topological polar surface area (TPSA) is 72.9 Å². The van der Waals surface area contributed by atoms with Crippen LogP contribution in [0.25, 0.3) is 0 Å². The van der Waals surface area contributed by atoms with Crippen LogP contribution in [0.2, 0.25) is 0 Å². The minimum atomic E-state index is -0.223. The fraction of sp³-hybridized carbons (Fsp3) is 0.375. The lowest BCUT2D eigenvalue weighted by atomic mass is 9.99. The average molecular weight is 286 g/mol. The van der Waals surface area contributed by atoms with E-state index in [2.05, 4.69) is 36.3 Å². The number of rotatable bonds is 5. The van der Waals surface area contributed by atoms with E-state index in [0.717, 1.165) is 5.56 Å². The Morgan fingerprint density at radius 1 is 1.29 bits per heavy atom. The summed E-state index contributed by atoms with van der Waals surface area (Å²) in [7, 11) is 1.83. The van der Waals surface area contributed by atoms with Crippen molar-refractivity contribution in [1.29, 1.82) is 0 Å². The zero-order valence-corrected chi connectivity index (χ0v) is 12.7. The molecule has 1 atom stereocenters. The molecule has 0 aliphatic heterocycles. The summed E-state index contributed by atoms with van der Waals surface area (Å²) >= 11 is 0. The summed E-state index contributed by atoms with van der Waals surface area (Å²) in [5.41, 5.74) is 8.81. The third kappa shape index (κ3) is 3.92. The molecule has 2 rings (SSSR count). The smallest absolute Gasteiger partial charge is 0.271 e. The summed E-state index contributed by atoms with van der Waals surface area (Å²) < 4.78 is 1.74. The van der Waals surface area contributed by atoms with Gasteiger partial charge in [-0.05, 0) is 17.0 Å². The summed E-state index contributed by atoms with van der Waals surface area (Å²) in [5.74, 6) is 0.295. The molecular weight excluding hydrogens is 264 g/mol. The summed E-state index contributed by atoms with van der Waals surface area (Å²) in [6, 6.07) is 7.99. The number of aryl methyl sites for hydroxylation is 1. The van der Waals surface area contributed by atoms with Gasteiger partial charge in [0.25, 0.3) is 5.91 Å². The van der Waals surface area contributed by atoms with E-state index in [1.165, 1.54) is 5.56 Å². The van der Waals surface area contributed by atoms with E-state index in [1.54, 1.807) is 17.1 Å². The Labute approximate surface area is 125 Å². The minimum Gasteiger partial charge on any atom is -0.349 e. The maximum absolute atomic E-state index is 11.9. The van der Waals surface area contributed by atoms with E-state index in [1.807, 2.05) is 19.2 Å². The molecule has 0 aliphatic rings. The molecule has 1 aromatic carbocycles. The highest BCUT2D eigenvalue weighted by atomic mass is 16.1. The van der Waals surface area contributed by atoms with Crippen molar-refractivity contribution in [2.75, 3.05) is 6.54 Å². The Kier molecular flexibility index (Phi) is 4.75. The highest BCUT2D eigenvalue weighted by Gasteiger charge is 2.12. The second-order valence-electron chi connectivity index (χ2n) is 5.56. The maximum atomic E-state index is 11.9. The first-order valence-electron chi connectivity index (χ1n) is 7.09. The monoisotopic (exact) mass is 286 g/mol. The standard InChI is InChI=1S/C16H22N4O/c1-11(2)12-4-6-13(7-5-12)14(17)8-18-16(21)15-9-20(3)10-19-15/h4-7,9-11,14H,8,17H2,1-3H3,(H,18,21). The van der Waals surface area contributed by atoms with E-state index in [0.29, 0.717) is 18.2 Å². The molecule has 0 saturated heterocycles. The van der Waals surface area contributed by atoms with Gasteiger partial charge in [0.05, 0.1) is 6.33 Å². The molecule has 0 fully saturated rings. The number of hydrogen-bond acceptors (Lipinski definition) is 3. The lowest BCUT2D eigenvalue weighted by molar-refractivity contribution is 0.0946. The molecule has 0 saturated carbocycles. The molecule has 0 bridgehead atoms. The van der Waals surface area contributed by atoms with Gasteiger partial charge in [-0.2, -0.15) is 0 Å². The highest BCUT2D eigenvalue weighted by molar-refractivity contribution is 5.92. The van der Waals surface area contributed by atoms with Gasteiger partial charge in [-0.3, -0.25) is 4.79 Å². The van der Waals surface area contributed by atoms with Crippen LogP contribution in [0.4, 0.5) is 0 Å². The summed E-state index contributed by atoms with van der Waals surface area (Å²) in [6.45, 7) is 4.69. The Bertz CT molecular complexity index is 601. The van der Waals surface area contributed by atoms with E-state index in [9.17, 15) is 4.79 Å². The number of imidazole rings is 1. The molecule has 0 radical (unpaired) electrons. The second-order valence-corrected chi connectivity index (χ2v) is 5.56. The van der Waals surface area contributed by atoms with Gasteiger partial charge in [0.1, 0.15) is 5.69 Å². The molecule has 112 valence electrons. The van der Waals surface area contributed by atoms with Gasteiger partial charge in [0.2, 0.25) is 0 Å². The van der Waals surface area contributed by atoms with Gasteiger partial charge < -0.3 is 15.6 Å². The first kappa shape index (κ1) is 15.3. The molecule has 1 aromatic heterocycles. The van der Waals surface area contributed by atoms with Crippen molar-refractivity contribution < 1.29 is 4.79 Å². The van der Waals surface area contributed by atoms with Crippen molar-refractivity contribution in [2.24, 2.45) is 12.8 Å². The Hall–Kier alpha value is -2.14. The molecule has 0 spiro atoms. The maximum Gasteiger partial charge on any atom is 0.271 e.